The molecule has 0 atom stereocenters. The van der Waals surface area contributed by atoms with Crippen LogP contribution in [0.3, 0.4) is 0 Å². The first-order valence-corrected chi connectivity index (χ1v) is 10.9. The Morgan fingerprint density at radius 1 is 0.806 bits per heavy atom. The SMILES string of the molecule is O=C1C(=Cc2cc3sc(-c4ccc(Cl)cc4)cc3o2)C(=O)c2cc3ccccc3cc21. The van der Waals surface area contributed by atoms with Crippen LogP contribution < -0.4 is 0 Å². The molecule has 5 heteroatoms. The Hall–Kier alpha value is -3.47. The van der Waals surface area contributed by atoms with Gasteiger partial charge in [-0.1, -0.05) is 48.0 Å². The molecule has 0 unspecified atom stereocenters. The second-order valence-corrected chi connectivity index (χ2v) is 8.98. The molecule has 0 N–H and O–H groups in total. The number of halogens is 1. The van der Waals surface area contributed by atoms with Crippen molar-refractivity contribution < 1.29 is 14.0 Å². The number of fused-ring (bicyclic) bond motifs is 3. The number of rotatable bonds is 2. The average Bonchev–Trinajstić information content (AvgIpc) is 3.40. The molecule has 3 aromatic carbocycles. The number of Topliss-reactive ketones (excluding diaryl/α,β-unsaturated/α-hetero) is 2. The van der Waals surface area contributed by atoms with Crippen molar-refractivity contribution in [1.82, 2.24) is 0 Å². The van der Waals surface area contributed by atoms with Gasteiger partial charge in [-0.2, -0.15) is 0 Å². The maximum absolute atomic E-state index is 12.9. The summed E-state index contributed by atoms with van der Waals surface area (Å²) in [5.41, 5.74) is 2.83. The van der Waals surface area contributed by atoms with E-state index in [2.05, 4.69) is 0 Å². The molecular formula is C26H13ClO3S. The van der Waals surface area contributed by atoms with Crippen LogP contribution in [0.5, 0.6) is 0 Å². The topological polar surface area (TPSA) is 47.3 Å². The van der Waals surface area contributed by atoms with Crippen LogP contribution in [0.2, 0.25) is 5.02 Å². The highest BCUT2D eigenvalue weighted by Gasteiger charge is 2.33. The lowest BCUT2D eigenvalue weighted by atomic mass is 10.0. The molecule has 2 heterocycles. The fourth-order valence-electron chi connectivity index (χ4n) is 3.96. The number of ketones is 2. The third-order valence-corrected chi connectivity index (χ3v) is 6.87. The van der Waals surface area contributed by atoms with Crippen LogP contribution in [-0.4, -0.2) is 11.6 Å². The summed E-state index contributed by atoms with van der Waals surface area (Å²) in [6, 6.07) is 22.8. The van der Waals surface area contributed by atoms with E-state index in [0.29, 0.717) is 21.9 Å². The van der Waals surface area contributed by atoms with Gasteiger partial charge in [0.1, 0.15) is 11.3 Å². The Morgan fingerprint density at radius 2 is 1.45 bits per heavy atom. The Kier molecular flexibility index (Phi) is 4.00. The van der Waals surface area contributed by atoms with E-state index in [1.165, 1.54) is 0 Å². The molecule has 2 aromatic heterocycles. The number of carbonyl (C=O) groups excluding carboxylic acids is 2. The van der Waals surface area contributed by atoms with Crippen LogP contribution in [0.25, 0.3) is 37.6 Å². The Balaban J connectivity index is 1.38. The third kappa shape index (κ3) is 2.95. The lowest BCUT2D eigenvalue weighted by Gasteiger charge is -2.00. The van der Waals surface area contributed by atoms with E-state index in [-0.39, 0.29) is 17.1 Å². The van der Waals surface area contributed by atoms with Gasteiger partial charge in [0.05, 0.1) is 10.3 Å². The number of benzene rings is 3. The second kappa shape index (κ2) is 6.77. The second-order valence-electron chi connectivity index (χ2n) is 7.46. The summed E-state index contributed by atoms with van der Waals surface area (Å²) in [6.07, 6.45) is 1.56. The Bertz CT molecular complexity index is 1480. The number of hydrogen-bond acceptors (Lipinski definition) is 4. The summed E-state index contributed by atoms with van der Waals surface area (Å²) in [7, 11) is 0. The van der Waals surface area contributed by atoms with Crippen LogP contribution in [0.15, 0.2) is 82.8 Å². The molecule has 148 valence electrons. The van der Waals surface area contributed by atoms with Gasteiger partial charge in [0.2, 0.25) is 0 Å². The van der Waals surface area contributed by atoms with Crippen molar-refractivity contribution in [3.05, 3.63) is 100 Å². The van der Waals surface area contributed by atoms with E-state index in [0.717, 1.165) is 31.5 Å². The van der Waals surface area contributed by atoms with Gasteiger partial charge in [-0.25, -0.2) is 0 Å². The summed E-state index contributed by atoms with van der Waals surface area (Å²) in [5, 5.41) is 2.58. The molecule has 0 fully saturated rings. The van der Waals surface area contributed by atoms with Crippen LogP contribution in [0, 0.1) is 0 Å². The van der Waals surface area contributed by atoms with E-state index in [1.54, 1.807) is 29.5 Å². The molecule has 0 saturated heterocycles. The number of furan rings is 1. The van der Waals surface area contributed by atoms with Gasteiger partial charge in [0, 0.05) is 33.2 Å². The van der Waals surface area contributed by atoms with Gasteiger partial charge in [0.15, 0.2) is 11.6 Å². The first-order valence-electron chi connectivity index (χ1n) is 9.70. The lowest BCUT2D eigenvalue weighted by Crippen LogP contribution is -1.99. The number of carbonyl (C=O) groups is 2. The van der Waals surface area contributed by atoms with E-state index >= 15 is 0 Å². The molecule has 0 radical (unpaired) electrons. The summed E-state index contributed by atoms with van der Waals surface area (Å²) in [5.74, 6) is -0.0160. The minimum atomic E-state index is -0.257. The summed E-state index contributed by atoms with van der Waals surface area (Å²) in [6.45, 7) is 0. The average molecular weight is 441 g/mol. The van der Waals surface area contributed by atoms with Crippen molar-refractivity contribution in [2.24, 2.45) is 0 Å². The van der Waals surface area contributed by atoms with Crippen LogP contribution in [0.1, 0.15) is 26.5 Å². The molecular weight excluding hydrogens is 428 g/mol. The summed E-state index contributed by atoms with van der Waals surface area (Å²) >= 11 is 7.56. The van der Waals surface area contributed by atoms with Gasteiger partial charge < -0.3 is 4.42 Å². The highest BCUT2D eigenvalue weighted by molar-refractivity contribution is 7.22. The smallest absolute Gasteiger partial charge is 0.197 e. The monoisotopic (exact) mass is 440 g/mol. The first kappa shape index (κ1) is 18.3. The predicted molar refractivity (Wildman–Crippen MR) is 125 cm³/mol. The third-order valence-electron chi connectivity index (χ3n) is 5.51. The maximum atomic E-state index is 12.9. The largest absolute Gasteiger partial charge is 0.456 e. The molecule has 0 bridgehead atoms. The zero-order valence-electron chi connectivity index (χ0n) is 16.0. The number of thiophene rings is 1. The molecule has 6 rings (SSSR count). The molecule has 0 saturated carbocycles. The quantitative estimate of drug-likeness (QED) is 0.212. The Labute approximate surface area is 186 Å². The molecule has 1 aliphatic carbocycles. The normalized spacial score (nSPS) is 13.4. The lowest BCUT2D eigenvalue weighted by molar-refractivity contribution is 0.0990. The van der Waals surface area contributed by atoms with Gasteiger partial charge in [-0.3, -0.25) is 9.59 Å². The fourth-order valence-corrected chi connectivity index (χ4v) is 5.12. The highest BCUT2D eigenvalue weighted by atomic mass is 35.5. The van der Waals surface area contributed by atoms with Gasteiger partial charge in [0.25, 0.3) is 0 Å². The molecule has 1 aliphatic rings. The maximum Gasteiger partial charge on any atom is 0.197 e. The van der Waals surface area contributed by atoms with Gasteiger partial charge >= 0.3 is 0 Å². The predicted octanol–water partition coefficient (Wildman–Crippen LogP) is 7.43. The van der Waals surface area contributed by atoms with E-state index in [4.69, 9.17) is 16.0 Å². The molecule has 5 aromatic rings. The summed E-state index contributed by atoms with van der Waals surface area (Å²) < 4.78 is 6.89. The van der Waals surface area contributed by atoms with Crippen molar-refractivity contribution in [2.45, 2.75) is 0 Å². The van der Waals surface area contributed by atoms with Crippen LogP contribution >= 0.6 is 22.9 Å². The minimum absolute atomic E-state index is 0.143. The van der Waals surface area contributed by atoms with E-state index in [1.807, 2.05) is 60.7 Å². The molecule has 0 spiro atoms. The highest BCUT2D eigenvalue weighted by Crippen LogP contribution is 2.37. The van der Waals surface area contributed by atoms with Crippen LogP contribution in [-0.2, 0) is 0 Å². The molecule has 3 nitrogen and oxygen atoms in total. The standard InChI is InChI=1S/C26H13ClO3S/c27-17-7-5-14(6-8-17)23-13-22-24(31-23)12-18(30-22)11-21-25(28)19-9-15-3-1-2-4-16(15)10-20(19)26(21)29/h1-13H. The molecule has 31 heavy (non-hydrogen) atoms. The van der Waals surface area contributed by atoms with E-state index in [9.17, 15) is 9.59 Å². The van der Waals surface area contributed by atoms with Crippen molar-refractivity contribution >= 4 is 61.6 Å². The zero-order chi connectivity index (χ0) is 21.1. The van der Waals surface area contributed by atoms with Gasteiger partial charge in [-0.15, -0.1) is 11.3 Å². The van der Waals surface area contributed by atoms with Crippen molar-refractivity contribution in [2.75, 3.05) is 0 Å². The molecule has 0 amide bonds. The summed E-state index contributed by atoms with van der Waals surface area (Å²) in [4.78, 5) is 26.9. The van der Waals surface area contributed by atoms with Crippen molar-refractivity contribution in [3.8, 4) is 10.4 Å². The van der Waals surface area contributed by atoms with Gasteiger partial charge in [-0.05, 0) is 46.7 Å². The van der Waals surface area contributed by atoms with E-state index < -0.39 is 0 Å². The number of hydrogen-bond donors (Lipinski definition) is 0. The Morgan fingerprint density at radius 3 is 2.06 bits per heavy atom. The van der Waals surface area contributed by atoms with Crippen molar-refractivity contribution in [3.63, 3.8) is 0 Å². The van der Waals surface area contributed by atoms with Crippen LogP contribution in [0.4, 0.5) is 0 Å². The zero-order valence-corrected chi connectivity index (χ0v) is 17.6. The minimum Gasteiger partial charge on any atom is -0.456 e. The fraction of sp³-hybridized carbons (Fsp3) is 0. The number of allylic oxidation sites excluding steroid dienone is 1. The van der Waals surface area contributed by atoms with Crippen molar-refractivity contribution in [1.29, 1.82) is 0 Å². The molecule has 0 aliphatic heterocycles. The first-order chi connectivity index (χ1) is 15.1.